The lowest BCUT2D eigenvalue weighted by Gasteiger charge is -2.11. The van der Waals surface area contributed by atoms with Crippen LogP contribution >= 0.6 is 0 Å². The molecule has 0 aliphatic rings. The van der Waals surface area contributed by atoms with Gasteiger partial charge in [0.25, 0.3) is 5.91 Å². The van der Waals surface area contributed by atoms with Crippen molar-refractivity contribution in [3.05, 3.63) is 95.7 Å². The van der Waals surface area contributed by atoms with Gasteiger partial charge < -0.3 is 15.0 Å². The number of nitrogens with zero attached hydrogens (tertiary/aromatic N) is 2. The molecule has 1 amide bonds. The van der Waals surface area contributed by atoms with Gasteiger partial charge in [-0.1, -0.05) is 12.1 Å². The second-order valence-corrected chi connectivity index (χ2v) is 7.26. The number of pyridine rings is 1. The Morgan fingerprint density at radius 1 is 1.00 bits per heavy atom. The minimum atomic E-state index is -4.88. The number of imidazole rings is 1. The Morgan fingerprint density at radius 2 is 1.82 bits per heavy atom. The summed E-state index contributed by atoms with van der Waals surface area (Å²) in [6, 6.07) is 12.8. The van der Waals surface area contributed by atoms with Crippen LogP contribution in [-0.4, -0.2) is 27.4 Å². The van der Waals surface area contributed by atoms with Crippen molar-refractivity contribution in [1.29, 1.82) is 0 Å². The van der Waals surface area contributed by atoms with Crippen LogP contribution in [0.15, 0.2) is 73.2 Å². The van der Waals surface area contributed by atoms with Gasteiger partial charge in [0.2, 0.25) is 0 Å². The third-order valence-electron chi connectivity index (χ3n) is 4.84. The first-order valence-corrected chi connectivity index (χ1v) is 10.2. The highest BCUT2D eigenvalue weighted by Gasteiger charge is 2.34. The van der Waals surface area contributed by atoms with Crippen LogP contribution < -0.4 is 10.1 Å². The van der Waals surface area contributed by atoms with Crippen molar-refractivity contribution in [2.45, 2.75) is 12.6 Å². The number of amides is 1. The van der Waals surface area contributed by atoms with Crippen LogP contribution in [0.3, 0.4) is 0 Å². The Bertz CT molecular complexity index is 1290. The summed E-state index contributed by atoms with van der Waals surface area (Å²) >= 11 is 0. The van der Waals surface area contributed by atoms with Crippen molar-refractivity contribution in [2.75, 3.05) is 6.54 Å². The smallest absolute Gasteiger partial charge is 0.419 e. The van der Waals surface area contributed by atoms with Gasteiger partial charge in [-0.25, -0.2) is 9.37 Å². The summed E-state index contributed by atoms with van der Waals surface area (Å²) in [6.07, 6.45) is 0.445. The van der Waals surface area contributed by atoms with E-state index in [2.05, 4.69) is 20.3 Å². The number of aromatic nitrogens is 3. The molecule has 10 heteroatoms. The van der Waals surface area contributed by atoms with E-state index in [4.69, 9.17) is 4.74 Å². The number of halogens is 4. The second kappa shape index (κ2) is 9.74. The first-order valence-electron chi connectivity index (χ1n) is 10.2. The van der Waals surface area contributed by atoms with E-state index in [1.54, 1.807) is 48.9 Å². The van der Waals surface area contributed by atoms with E-state index in [9.17, 15) is 22.4 Å². The Labute approximate surface area is 191 Å². The molecule has 0 aliphatic carbocycles. The van der Waals surface area contributed by atoms with E-state index in [-0.39, 0.29) is 12.1 Å². The van der Waals surface area contributed by atoms with Crippen LogP contribution in [0.5, 0.6) is 11.5 Å². The van der Waals surface area contributed by atoms with Gasteiger partial charge in [0, 0.05) is 36.8 Å². The Hall–Kier alpha value is -4.21. The molecular formula is C24H18F4N4O2. The lowest BCUT2D eigenvalue weighted by molar-refractivity contribution is -0.140. The average molecular weight is 470 g/mol. The first kappa shape index (κ1) is 23.0. The number of aromatic amines is 1. The predicted molar refractivity (Wildman–Crippen MR) is 116 cm³/mol. The van der Waals surface area contributed by atoms with Gasteiger partial charge in [0.15, 0.2) is 5.82 Å². The summed E-state index contributed by atoms with van der Waals surface area (Å²) in [5.41, 5.74) is -0.281. The van der Waals surface area contributed by atoms with Crippen LogP contribution in [0.25, 0.3) is 11.5 Å². The fourth-order valence-electron chi connectivity index (χ4n) is 3.22. The van der Waals surface area contributed by atoms with E-state index in [1.807, 2.05) is 6.07 Å². The molecule has 4 rings (SSSR count). The first-order chi connectivity index (χ1) is 16.3. The number of ether oxygens (including phenoxy) is 1. The second-order valence-electron chi connectivity index (χ2n) is 7.26. The van der Waals surface area contributed by atoms with Gasteiger partial charge in [-0.3, -0.25) is 9.78 Å². The number of alkyl halides is 3. The van der Waals surface area contributed by atoms with Gasteiger partial charge in [0.05, 0.1) is 5.56 Å². The zero-order chi connectivity index (χ0) is 24.1. The van der Waals surface area contributed by atoms with Crippen LogP contribution in [0, 0.1) is 5.82 Å². The van der Waals surface area contributed by atoms with Crippen LogP contribution in [0.1, 0.15) is 21.5 Å². The van der Waals surface area contributed by atoms with Crippen molar-refractivity contribution < 1.29 is 27.1 Å². The molecule has 0 spiro atoms. The van der Waals surface area contributed by atoms with Gasteiger partial charge in [0.1, 0.15) is 23.0 Å². The highest BCUT2D eigenvalue weighted by Crippen LogP contribution is 2.32. The Kier molecular flexibility index (Phi) is 6.58. The fourth-order valence-corrected chi connectivity index (χ4v) is 3.22. The number of carbonyl (C=O) groups excluding carboxylic acids is 1. The molecular weight excluding hydrogens is 452 g/mol. The molecule has 174 valence electrons. The largest absolute Gasteiger partial charge is 0.457 e. The monoisotopic (exact) mass is 470 g/mol. The molecule has 0 atom stereocenters. The third kappa shape index (κ3) is 5.58. The highest BCUT2D eigenvalue weighted by atomic mass is 19.4. The third-order valence-corrected chi connectivity index (χ3v) is 4.84. The van der Waals surface area contributed by atoms with Crippen LogP contribution in [0.4, 0.5) is 17.6 Å². The van der Waals surface area contributed by atoms with Crippen LogP contribution in [0.2, 0.25) is 0 Å². The molecule has 0 radical (unpaired) electrons. The summed E-state index contributed by atoms with van der Waals surface area (Å²) in [6.45, 7) is 0.166. The molecule has 0 saturated heterocycles. The summed E-state index contributed by atoms with van der Waals surface area (Å²) in [7, 11) is 0. The summed E-state index contributed by atoms with van der Waals surface area (Å²) in [5.74, 6) is -0.414. The molecule has 0 aliphatic heterocycles. The Balaban J connectivity index is 1.36. The van der Waals surface area contributed by atoms with E-state index in [1.165, 1.54) is 0 Å². The van der Waals surface area contributed by atoms with Crippen molar-refractivity contribution in [3.8, 4) is 23.0 Å². The summed E-state index contributed by atoms with van der Waals surface area (Å²) in [5, 5.41) is 2.55. The maximum absolute atomic E-state index is 13.4. The molecule has 2 aromatic carbocycles. The van der Waals surface area contributed by atoms with E-state index >= 15 is 0 Å². The normalized spacial score (nSPS) is 11.3. The number of nitrogens with one attached hydrogen (secondary N) is 2. The molecule has 0 unspecified atom stereocenters. The lowest BCUT2D eigenvalue weighted by atomic mass is 10.1. The topological polar surface area (TPSA) is 79.9 Å². The molecule has 6 nitrogen and oxygen atoms in total. The van der Waals surface area contributed by atoms with E-state index in [0.717, 1.165) is 11.6 Å². The van der Waals surface area contributed by atoms with Crippen molar-refractivity contribution in [2.24, 2.45) is 0 Å². The zero-order valence-corrected chi connectivity index (χ0v) is 17.6. The molecule has 4 aromatic rings. The minimum Gasteiger partial charge on any atom is -0.457 e. The number of H-pyrrole nitrogens is 1. The standard InChI is InChI=1S/C24H18F4N4O2/c25-20-5-4-16(13-19(20)24(26,27)28)23(33)32-8-6-15-2-1-3-17(12-15)34-18-7-9-29-21(14-18)22-30-10-11-31-22/h1-5,7,9-14H,6,8H2,(H,30,31)(H,32,33). The maximum Gasteiger partial charge on any atom is 0.419 e. The van der Waals surface area contributed by atoms with Crippen molar-refractivity contribution >= 4 is 5.91 Å². The zero-order valence-electron chi connectivity index (χ0n) is 17.6. The molecule has 34 heavy (non-hydrogen) atoms. The van der Waals surface area contributed by atoms with Gasteiger partial charge >= 0.3 is 6.18 Å². The van der Waals surface area contributed by atoms with Crippen molar-refractivity contribution in [1.82, 2.24) is 20.3 Å². The van der Waals surface area contributed by atoms with Gasteiger partial charge in [-0.15, -0.1) is 0 Å². The predicted octanol–water partition coefficient (Wildman–Crippen LogP) is 5.39. The fraction of sp³-hybridized carbons (Fsp3) is 0.125. The van der Waals surface area contributed by atoms with Gasteiger partial charge in [-0.05, 0) is 48.4 Å². The lowest BCUT2D eigenvalue weighted by Crippen LogP contribution is -2.26. The number of benzene rings is 2. The Morgan fingerprint density at radius 3 is 2.59 bits per heavy atom. The maximum atomic E-state index is 13.4. The summed E-state index contributed by atoms with van der Waals surface area (Å²) < 4.78 is 57.9. The number of hydrogen-bond donors (Lipinski definition) is 2. The van der Waals surface area contributed by atoms with Crippen LogP contribution in [-0.2, 0) is 12.6 Å². The number of hydrogen-bond acceptors (Lipinski definition) is 4. The van der Waals surface area contributed by atoms with Gasteiger partial charge in [-0.2, -0.15) is 13.2 Å². The summed E-state index contributed by atoms with van der Waals surface area (Å²) in [4.78, 5) is 23.6. The van der Waals surface area contributed by atoms with E-state index in [0.29, 0.717) is 41.6 Å². The SMILES string of the molecule is O=C(NCCc1cccc(Oc2ccnc(-c3ncc[nH]3)c2)c1)c1ccc(F)c(C(F)(F)F)c1. The average Bonchev–Trinajstić information content (AvgIpc) is 3.34. The number of rotatable bonds is 7. The quantitative estimate of drug-likeness (QED) is 0.355. The van der Waals surface area contributed by atoms with Crippen molar-refractivity contribution in [3.63, 3.8) is 0 Å². The molecule has 0 saturated carbocycles. The highest BCUT2D eigenvalue weighted by molar-refractivity contribution is 5.94. The molecule has 0 bridgehead atoms. The molecule has 2 heterocycles. The molecule has 0 fully saturated rings. The minimum absolute atomic E-state index is 0.166. The van der Waals surface area contributed by atoms with E-state index < -0.39 is 23.5 Å². The molecule has 2 aromatic heterocycles. The number of carbonyl (C=O) groups is 1. The molecule has 2 N–H and O–H groups in total.